The first-order chi connectivity index (χ1) is 13.3. The summed E-state index contributed by atoms with van der Waals surface area (Å²) in [4.78, 5) is 0. The van der Waals surface area contributed by atoms with Crippen molar-refractivity contribution in [1.82, 2.24) is 0 Å². The third-order valence-electron chi connectivity index (χ3n) is 7.89. The molecule has 1 heterocycles. The number of hydrogen-bond acceptors (Lipinski definition) is 0. The molecule has 1 aromatic heterocycles. The van der Waals surface area contributed by atoms with Crippen molar-refractivity contribution in [2.24, 2.45) is 12.5 Å². The van der Waals surface area contributed by atoms with Crippen LogP contribution in [0.1, 0.15) is 94.7 Å². The lowest BCUT2D eigenvalue weighted by molar-refractivity contribution is -0.660. The Labute approximate surface area is 172 Å². The standard InChI is InChI=1S/C27H38N/c1-20-18-23(27(4)16-14-26(2,3)15-17-27)11-12-24(20)25-13-10-22(19-28(25)5)21-8-6-7-9-21/h10-13,18-19,21H,6-9,14-17H2,1-5H3/q+1. The summed E-state index contributed by atoms with van der Waals surface area (Å²) in [6.07, 6.45) is 13.2. The highest BCUT2D eigenvalue weighted by atomic mass is 14.9. The monoisotopic (exact) mass is 376 g/mol. The van der Waals surface area contributed by atoms with E-state index in [4.69, 9.17) is 0 Å². The zero-order valence-electron chi connectivity index (χ0n) is 18.6. The van der Waals surface area contributed by atoms with E-state index >= 15 is 0 Å². The summed E-state index contributed by atoms with van der Waals surface area (Å²) < 4.78 is 2.35. The molecule has 2 fully saturated rings. The number of rotatable bonds is 3. The number of benzene rings is 1. The van der Waals surface area contributed by atoms with Crippen LogP contribution in [-0.4, -0.2) is 0 Å². The predicted molar refractivity (Wildman–Crippen MR) is 119 cm³/mol. The molecule has 2 aliphatic carbocycles. The molecule has 0 radical (unpaired) electrons. The number of hydrogen-bond donors (Lipinski definition) is 0. The number of aromatic nitrogens is 1. The number of aryl methyl sites for hydroxylation is 2. The molecular formula is C27H38N+. The van der Waals surface area contributed by atoms with Crippen LogP contribution in [0.4, 0.5) is 0 Å². The minimum absolute atomic E-state index is 0.341. The summed E-state index contributed by atoms with van der Waals surface area (Å²) in [5, 5.41) is 0. The molecular weight excluding hydrogens is 338 g/mol. The molecule has 4 rings (SSSR count). The van der Waals surface area contributed by atoms with E-state index in [0.29, 0.717) is 10.8 Å². The van der Waals surface area contributed by atoms with Gasteiger partial charge in [0.2, 0.25) is 5.69 Å². The quantitative estimate of drug-likeness (QED) is 0.508. The van der Waals surface area contributed by atoms with Gasteiger partial charge in [0, 0.05) is 17.2 Å². The molecule has 0 N–H and O–H groups in total. The second kappa shape index (κ2) is 7.32. The molecule has 2 saturated carbocycles. The smallest absolute Gasteiger partial charge is 0.201 e. The third-order valence-corrected chi connectivity index (χ3v) is 7.89. The Bertz CT molecular complexity index is 845. The van der Waals surface area contributed by atoms with Crippen molar-refractivity contribution in [3.63, 3.8) is 0 Å². The zero-order valence-corrected chi connectivity index (χ0v) is 18.6. The molecule has 0 unspecified atom stereocenters. The molecule has 0 spiro atoms. The average molecular weight is 377 g/mol. The predicted octanol–water partition coefficient (Wildman–Crippen LogP) is 7.00. The minimum atomic E-state index is 0.341. The Morgan fingerprint density at radius 2 is 1.57 bits per heavy atom. The van der Waals surface area contributed by atoms with Crippen LogP contribution in [0.3, 0.4) is 0 Å². The molecule has 0 amide bonds. The summed E-state index contributed by atoms with van der Waals surface area (Å²) in [5.74, 6) is 0.777. The van der Waals surface area contributed by atoms with E-state index in [2.05, 4.69) is 75.8 Å². The molecule has 2 aliphatic rings. The Hall–Kier alpha value is -1.63. The van der Waals surface area contributed by atoms with Crippen LogP contribution in [-0.2, 0) is 12.5 Å². The van der Waals surface area contributed by atoms with Gasteiger partial charge in [0.1, 0.15) is 7.05 Å². The SMILES string of the molecule is Cc1cc(C2(C)CCC(C)(C)CC2)ccc1-c1ccc(C2CCCC2)c[n+]1C. The lowest BCUT2D eigenvalue weighted by Gasteiger charge is -2.42. The van der Waals surface area contributed by atoms with Crippen molar-refractivity contribution >= 4 is 0 Å². The zero-order chi connectivity index (χ0) is 19.9. The van der Waals surface area contributed by atoms with Crippen molar-refractivity contribution in [3.8, 4) is 11.3 Å². The maximum Gasteiger partial charge on any atom is 0.212 e. The third kappa shape index (κ3) is 3.78. The van der Waals surface area contributed by atoms with Crippen molar-refractivity contribution in [2.75, 3.05) is 0 Å². The lowest BCUT2D eigenvalue weighted by atomic mass is 9.63. The van der Waals surface area contributed by atoms with Gasteiger partial charge in [-0.2, -0.15) is 0 Å². The van der Waals surface area contributed by atoms with Crippen LogP contribution in [0.15, 0.2) is 36.5 Å². The maximum absolute atomic E-state index is 2.48. The van der Waals surface area contributed by atoms with Gasteiger partial charge in [-0.1, -0.05) is 45.7 Å². The molecule has 1 nitrogen and oxygen atoms in total. The average Bonchev–Trinajstić information content (AvgIpc) is 3.19. The maximum atomic E-state index is 2.48. The van der Waals surface area contributed by atoms with Crippen molar-refractivity contribution in [1.29, 1.82) is 0 Å². The van der Waals surface area contributed by atoms with Gasteiger partial charge in [-0.05, 0) is 85.5 Å². The Morgan fingerprint density at radius 3 is 2.18 bits per heavy atom. The molecule has 0 atom stereocenters. The fourth-order valence-electron chi connectivity index (χ4n) is 5.50. The van der Waals surface area contributed by atoms with E-state index in [1.54, 1.807) is 0 Å². The molecule has 1 aromatic carbocycles. The number of nitrogens with zero attached hydrogens (tertiary/aromatic N) is 1. The Morgan fingerprint density at radius 1 is 0.893 bits per heavy atom. The lowest BCUT2D eigenvalue weighted by Crippen LogP contribution is -2.33. The van der Waals surface area contributed by atoms with Gasteiger partial charge >= 0.3 is 0 Å². The van der Waals surface area contributed by atoms with E-state index in [0.717, 1.165) is 5.92 Å². The summed E-state index contributed by atoms with van der Waals surface area (Å²) in [6.45, 7) is 9.62. The number of pyridine rings is 1. The van der Waals surface area contributed by atoms with Gasteiger partial charge in [0.15, 0.2) is 6.20 Å². The molecule has 28 heavy (non-hydrogen) atoms. The van der Waals surface area contributed by atoms with Crippen LogP contribution in [0.25, 0.3) is 11.3 Å². The van der Waals surface area contributed by atoms with Gasteiger partial charge in [-0.3, -0.25) is 0 Å². The van der Waals surface area contributed by atoms with Crippen LogP contribution in [0.2, 0.25) is 0 Å². The van der Waals surface area contributed by atoms with Crippen molar-refractivity contribution < 1.29 is 4.57 Å². The molecule has 1 heteroatoms. The molecule has 150 valence electrons. The van der Waals surface area contributed by atoms with Gasteiger partial charge in [0.05, 0.1) is 0 Å². The normalized spacial score (nSPS) is 21.8. The van der Waals surface area contributed by atoms with Gasteiger partial charge in [-0.15, -0.1) is 0 Å². The van der Waals surface area contributed by atoms with Gasteiger partial charge in [0.25, 0.3) is 0 Å². The minimum Gasteiger partial charge on any atom is -0.201 e. The van der Waals surface area contributed by atoms with Crippen LogP contribution in [0, 0.1) is 12.3 Å². The Balaban J connectivity index is 1.60. The van der Waals surface area contributed by atoms with Gasteiger partial charge < -0.3 is 0 Å². The van der Waals surface area contributed by atoms with Crippen LogP contribution < -0.4 is 4.57 Å². The molecule has 2 aromatic rings. The van der Waals surface area contributed by atoms with E-state index in [-0.39, 0.29) is 0 Å². The van der Waals surface area contributed by atoms with Gasteiger partial charge in [-0.25, -0.2) is 4.57 Å². The highest BCUT2D eigenvalue weighted by Crippen LogP contribution is 2.47. The summed E-state index contributed by atoms with van der Waals surface area (Å²) in [6, 6.07) is 12.0. The van der Waals surface area contributed by atoms with Crippen molar-refractivity contribution in [2.45, 2.75) is 90.4 Å². The van der Waals surface area contributed by atoms with Crippen LogP contribution in [0.5, 0.6) is 0 Å². The van der Waals surface area contributed by atoms with E-state index < -0.39 is 0 Å². The fourth-order valence-corrected chi connectivity index (χ4v) is 5.50. The fraction of sp³-hybridized carbons (Fsp3) is 0.593. The summed E-state index contributed by atoms with van der Waals surface area (Å²) in [7, 11) is 2.21. The topological polar surface area (TPSA) is 3.88 Å². The molecule has 0 saturated heterocycles. The molecule has 0 aliphatic heterocycles. The van der Waals surface area contributed by atoms with Crippen LogP contribution >= 0.6 is 0 Å². The largest absolute Gasteiger partial charge is 0.212 e. The second-order valence-corrected chi connectivity index (χ2v) is 10.7. The highest BCUT2D eigenvalue weighted by molar-refractivity contribution is 5.62. The first kappa shape index (κ1) is 19.7. The van der Waals surface area contributed by atoms with E-state index in [1.165, 1.54) is 79.3 Å². The molecule has 0 bridgehead atoms. The second-order valence-electron chi connectivity index (χ2n) is 10.7. The van der Waals surface area contributed by atoms with E-state index in [1.807, 2.05) is 0 Å². The first-order valence-electron chi connectivity index (χ1n) is 11.4. The van der Waals surface area contributed by atoms with Crippen molar-refractivity contribution in [3.05, 3.63) is 53.2 Å². The highest BCUT2D eigenvalue weighted by Gasteiger charge is 2.36. The summed E-state index contributed by atoms with van der Waals surface area (Å²) in [5.41, 5.74) is 8.04. The summed E-state index contributed by atoms with van der Waals surface area (Å²) >= 11 is 0. The van der Waals surface area contributed by atoms with E-state index in [9.17, 15) is 0 Å². The first-order valence-corrected chi connectivity index (χ1v) is 11.4. The Kier molecular flexibility index (Phi) is 5.14.